The molecule has 278 valence electrons. The molecular formula is C54H41BN4+2. The Morgan fingerprint density at radius 1 is 0.610 bits per heavy atom. The number of nitrogens with two attached hydrogens (primary N) is 1. The first-order valence-electron chi connectivity index (χ1n) is 21.8. The molecule has 0 radical (unpaired) electrons. The predicted molar refractivity (Wildman–Crippen MR) is 242 cm³/mol. The van der Waals surface area contributed by atoms with Crippen molar-refractivity contribution in [3.05, 3.63) is 180 Å². The lowest BCUT2D eigenvalue weighted by Gasteiger charge is -2.92. The number of rotatable bonds is 4. The average Bonchev–Trinajstić information content (AvgIpc) is 3.91. The van der Waals surface area contributed by atoms with Gasteiger partial charge in [-0.3, -0.25) is 0 Å². The van der Waals surface area contributed by atoms with E-state index < -0.39 is 0 Å². The van der Waals surface area contributed by atoms with Crippen LogP contribution in [0.4, 0.5) is 34.1 Å². The molecule has 5 aliphatic carbocycles. The Labute approximate surface area is 344 Å². The van der Waals surface area contributed by atoms with Gasteiger partial charge in [0.15, 0.2) is 0 Å². The number of para-hydroxylation sites is 3. The van der Waals surface area contributed by atoms with Gasteiger partial charge in [0.2, 0.25) is 0 Å². The molecule has 5 heteroatoms. The van der Waals surface area contributed by atoms with Gasteiger partial charge in [0.05, 0.1) is 23.4 Å². The Morgan fingerprint density at radius 3 is 2.17 bits per heavy atom. The highest BCUT2D eigenvalue weighted by Gasteiger charge is 2.90. The second kappa shape index (κ2) is 10.8. The first-order valence-corrected chi connectivity index (χ1v) is 21.8. The van der Waals surface area contributed by atoms with Gasteiger partial charge in [-0.15, -0.1) is 0 Å². The summed E-state index contributed by atoms with van der Waals surface area (Å²) < 4.78 is 4.98. The normalized spacial score (nSPS) is 28.1. The molecule has 4 heterocycles. The fourth-order valence-corrected chi connectivity index (χ4v) is 14.8. The van der Waals surface area contributed by atoms with E-state index in [0.717, 1.165) is 41.5 Å². The van der Waals surface area contributed by atoms with Crippen LogP contribution in [-0.2, 0) is 5.41 Å². The lowest BCUT2D eigenvalue weighted by molar-refractivity contribution is -0.553. The summed E-state index contributed by atoms with van der Waals surface area (Å²) in [5.74, 6) is 3.47. The highest BCUT2D eigenvalue weighted by Crippen LogP contribution is 2.94. The van der Waals surface area contributed by atoms with Gasteiger partial charge >= 0.3 is 5.71 Å². The summed E-state index contributed by atoms with van der Waals surface area (Å²) in [5.41, 5.74) is 23.1. The molecular weight excluding hydrogens is 715 g/mol. The third-order valence-corrected chi connectivity index (χ3v) is 16.8. The summed E-state index contributed by atoms with van der Waals surface area (Å²) in [6.45, 7) is 0.997. The smallest absolute Gasteiger partial charge is 0.311 e. The van der Waals surface area contributed by atoms with E-state index in [0.29, 0.717) is 5.41 Å². The number of anilines is 6. The third kappa shape index (κ3) is 3.50. The minimum Gasteiger partial charge on any atom is -0.311 e. The quantitative estimate of drug-likeness (QED) is 0.148. The number of fused-ring (bicyclic) bond motifs is 11. The van der Waals surface area contributed by atoms with Gasteiger partial charge in [0, 0.05) is 46.0 Å². The summed E-state index contributed by atoms with van der Waals surface area (Å²) >= 11 is 0. The molecule has 4 fully saturated rings. The van der Waals surface area contributed by atoms with Gasteiger partial charge in [0.1, 0.15) is 5.70 Å². The highest BCUT2D eigenvalue weighted by atomic mass is 15.2. The van der Waals surface area contributed by atoms with Crippen molar-refractivity contribution < 1.29 is 5.32 Å². The summed E-state index contributed by atoms with van der Waals surface area (Å²) in [6, 6.07) is 49.1. The van der Waals surface area contributed by atoms with Gasteiger partial charge < -0.3 is 15.1 Å². The van der Waals surface area contributed by atoms with E-state index in [9.17, 15) is 0 Å². The summed E-state index contributed by atoms with van der Waals surface area (Å²) in [4.78, 5) is 5.18. The van der Waals surface area contributed by atoms with Gasteiger partial charge in [-0.25, -0.2) is 0 Å². The molecule has 59 heavy (non-hydrogen) atoms. The second-order valence-corrected chi connectivity index (χ2v) is 18.5. The van der Waals surface area contributed by atoms with Gasteiger partial charge in [0.25, 0.3) is 12.9 Å². The van der Waals surface area contributed by atoms with E-state index in [1.165, 1.54) is 92.2 Å². The van der Waals surface area contributed by atoms with E-state index in [-0.39, 0.29) is 12.1 Å². The molecule has 0 saturated heterocycles. The maximum absolute atomic E-state index is 4.98. The zero-order chi connectivity index (χ0) is 38.2. The third-order valence-electron chi connectivity index (χ3n) is 16.8. The molecule has 0 bridgehead atoms. The van der Waals surface area contributed by atoms with E-state index in [1.807, 2.05) is 6.21 Å². The van der Waals surface area contributed by atoms with Crippen molar-refractivity contribution in [2.45, 2.75) is 24.7 Å². The molecule has 15 rings (SSSR count). The number of allylic oxidation sites excluding steroid dienone is 4. The first kappa shape index (κ1) is 31.6. The van der Waals surface area contributed by atoms with Crippen LogP contribution in [0.2, 0.25) is 0 Å². The molecule has 2 spiro atoms. The Balaban J connectivity index is 1.07. The van der Waals surface area contributed by atoms with Crippen LogP contribution < -0.4 is 36.2 Å². The molecule has 9 aliphatic rings. The van der Waals surface area contributed by atoms with Crippen LogP contribution in [0.25, 0.3) is 16.8 Å². The van der Waals surface area contributed by atoms with Crippen molar-refractivity contribution >= 4 is 74.8 Å². The maximum Gasteiger partial charge on any atom is 0.336 e. The molecule has 4 saturated carbocycles. The lowest BCUT2D eigenvalue weighted by Crippen LogP contribution is -2.88. The fourth-order valence-electron chi connectivity index (χ4n) is 14.8. The van der Waals surface area contributed by atoms with Crippen LogP contribution in [0.3, 0.4) is 0 Å². The molecule has 0 amide bonds. The number of hydrogen-bond donors (Lipinski definition) is 1. The van der Waals surface area contributed by atoms with Crippen LogP contribution in [0.1, 0.15) is 41.5 Å². The van der Waals surface area contributed by atoms with E-state index in [4.69, 9.17) is 4.67 Å². The van der Waals surface area contributed by atoms with Crippen LogP contribution in [0.5, 0.6) is 0 Å². The van der Waals surface area contributed by atoms with Crippen LogP contribution in [0, 0.1) is 29.1 Å². The number of quaternary nitrogens is 1. The van der Waals surface area contributed by atoms with Crippen LogP contribution in [0.15, 0.2) is 158 Å². The number of nitrogens with zero attached hydrogens (tertiary/aromatic N) is 3. The van der Waals surface area contributed by atoms with Crippen LogP contribution >= 0.6 is 0 Å². The Morgan fingerprint density at radius 2 is 1.36 bits per heavy atom. The monoisotopic (exact) mass is 756 g/mol. The van der Waals surface area contributed by atoms with E-state index in [2.05, 4.69) is 173 Å². The van der Waals surface area contributed by atoms with E-state index in [1.54, 1.807) is 11.1 Å². The van der Waals surface area contributed by atoms with Crippen molar-refractivity contribution in [3.8, 4) is 11.1 Å². The number of hydrogen-bond acceptors (Lipinski definition) is 2. The fraction of sp³-hybridized carbons (Fsp3) is 0.185. The van der Waals surface area contributed by atoms with Crippen molar-refractivity contribution in [3.63, 3.8) is 0 Å². The summed E-state index contributed by atoms with van der Waals surface area (Å²) in [7, 11) is 0. The topological polar surface area (TPSA) is 37.2 Å². The predicted octanol–water partition coefficient (Wildman–Crippen LogP) is 7.68. The summed E-state index contributed by atoms with van der Waals surface area (Å²) in [6.07, 6.45) is 17.2. The maximum atomic E-state index is 4.98. The Hall–Kier alpha value is -6.39. The van der Waals surface area contributed by atoms with Crippen molar-refractivity contribution in [2.75, 3.05) is 16.3 Å². The van der Waals surface area contributed by atoms with Gasteiger partial charge in [-0.1, -0.05) is 89.6 Å². The average molecular weight is 757 g/mol. The molecule has 0 aromatic heterocycles. The molecule has 4 atom stereocenters. The standard InChI is InChI=1S/C54H40BN4/c1-2-13-34(14-3-1)58-45-22-7-6-19-41(45)55-42-31-40-38(35-15-4-5-18-39(35)54(40)49-28-32-27-33-29-50(54)53(32,33)49)30-48(42)59(47-24-11-23-46(58)51(47)55)52-36(43-20-8-9-25-56-43)16-10-17-37(52)44-21-12-26-57-44/h1-24,26,30-33,49-50,56H,25,27-29H2/q+1/p+1. The second-order valence-electron chi connectivity index (χ2n) is 18.5. The van der Waals surface area contributed by atoms with E-state index >= 15 is 0 Å². The Kier molecular flexibility index (Phi) is 5.79. The number of benzene rings is 6. The molecule has 4 aliphatic heterocycles. The van der Waals surface area contributed by atoms with Gasteiger partial charge in [-0.2, -0.15) is 0 Å². The highest BCUT2D eigenvalue weighted by molar-refractivity contribution is 7.00. The van der Waals surface area contributed by atoms with Crippen molar-refractivity contribution in [1.29, 1.82) is 0 Å². The zero-order valence-electron chi connectivity index (χ0n) is 32.7. The SMILES string of the molecule is C1=CC[NH2+]C(c2cccc(C3=[N+]=CC=C3)c2N2c3cc4c(cc3B3c5ccccc5N(c5ccccc5)c5cccc2c53)C2(c3ccccc3-4)C3CC4CC5CC2C453)=C1. The van der Waals surface area contributed by atoms with Crippen molar-refractivity contribution in [2.24, 2.45) is 29.1 Å². The molecule has 4 nitrogen and oxygen atoms in total. The zero-order valence-corrected chi connectivity index (χ0v) is 32.7. The summed E-state index contributed by atoms with van der Waals surface area (Å²) in [5, 5.41) is 2.38. The van der Waals surface area contributed by atoms with Crippen LogP contribution in [-0.4, -0.2) is 25.2 Å². The Bertz CT molecular complexity index is 3070. The van der Waals surface area contributed by atoms with Crippen molar-refractivity contribution in [1.82, 2.24) is 4.67 Å². The molecule has 2 N–H and O–H groups in total. The first-order chi connectivity index (χ1) is 29.3. The molecule has 6 aromatic carbocycles. The molecule has 6 aromatic rings. The molecule has 4 unspecified atom stereocenters. The minimum atomic E-state index is 0.0757. The lowest BCUT2D eigenvalue weighted by atomic mass is 9.11. The minimum absolute atomic E-state index is 0.0757. The largest absolute Gasteiger partial charge is 0.336 e. The van der Waals surface area contributed by atoms with Gasteiger partial charge in [-0.05, 0) is 148 Å².